The molecule has 1 aliphatic heterocycles. The summed E-state index contributed by atoms with van der Waals surface area (Å²) in [5, 5.41) is 2.94. The zero-order valence-electron chi connectivity index (χ0n) is 18.4. The average molecular weight is 495 g/mol. The van der Waals surface area contributed by atoms with Crippen molar-refractivity contribution in [2.45, 2.75) is 20.5 Å². The quantitative estimate of drug-likeness (QED) is 0.356. The number of nitrogens with one attached hydrogen (secondary N) is 1. The van der Waals surface area contributed by atoms with E-state index in [1.54, 1.807) is 36.4 Å². The number of anilines is 1. The first-order valence-electron chi connectivity index (χ1n) is 10.4. The van der Waals surface area contributed by atoms with Gasteiger partial charge in [0.25, 0.3) is 11.8 Å². The molecule has 0 spiro atoms. The van der Waals surface area contributed by atoms with Gasteiger partial charge >= 0.3 is 6.03 Å². The number of hydrogen-bond donors (Lipinski definition) is 1. The van der Waals surface area contributed by atoms with Crippen LogP contribution in [-0.2, 0) is 16.2 Å². The minimum atomic E-state index is -0.855. The van der Waals surface area contributed by atoms with Crippen LogP contribution in [0.1, 0.15) is 22.3 Å². The molecule has 0 unspecified atom stereocenters. The van der Waals surface area contributed by atoms with E-state index < -0.39 is 17.8 Å². The van der Waals surface area contributed by atoms with Crippen LogP contribution in [0.3, 0.4) is 0 Å². The van der Waals surface area contributed by atoms with Crippen molar-refractivity contribution in [3.05, 3.63) is 98.5 Å². The number of carbonyl (C=O) groups is 3. The van der Waals surface area contributed by atoms with Crippen LogP contribution in [0.15, 0.2) is 66.2 Å². The minimum Gasteiger partial charge on any atom is -0.488 e. The molecular weight excluding hydrogens is 475 g/mol. The van der Waals surface area contributed by atoms with Gasteiger partial charge in [-0.1, -0.05) is 47.5 Å². The molecule has 34 heavy (non-hydrogen) atoms. The summed E-state index contributed by atoms with van der Waals surface area (Å²) < 4.78 is 5.99. The van der Waals surface area contributed by atoms with E-state index in [9.17, 15) is 14.4 Å². The molecule has 1 saturated heterocycles. The van der Waals surface area contributed by atoms with Crippen LogP contribution in [0.4, 0.5) is 10.5 Å². The Labute approximate surface area is 206 Å². The molecule has 4 amide bonds. The van der Waals surface area contributed by atoms with Crippen molar-refractivity contribution in [2.24, 2.45) is 0 Å². The van der Waals surface area contributed by atoms with Crippen LogP contribution in [-0.4, -0.2) is 17.8 Å². The van der Waals surface area contributed by atoms with Gasteiger partial charge in [-0.15, -0.1) is 0 Å². The van der Waals surface area contributed by atoms with E-state index in [4.69, 9.17) is 27.9 Å². The van der Waals surface area contributed by atoms with E-state index in [1.807, 2.05) is 32.0 Å². The second-order valence-corrected chi connectivity index (χ2v) is 8.70. The van der Waals surface area contributed by atoms with E-state index in [-0.39, 0.29) is 17.9 Å². The molecular formula is C26H20Cl2N2O4. The number of amides is 4. The molecule has 4 rings (SSSR count). The highest BCUT2D eigenvalue weighted by atomic mass is 35.5. The Hall–Kier alpha value is -3.61. The highest BCUT2D eigenvalue weighted by molar-refractivity contribution is 6.39. The number of barbiturate groups is 1. The SMILES string of the molecule is Cc1ccc(COc2ccc(Cl)cc2/C=C2\C(=O)NC(=O)N(c3cccc(Cl)c3)C2=O)cc1C. The number of rotatable bonds is 5. The normalized spacial score (nSPS) is 15.0. The van der Waals surface area contributed by atoms with Crippen LogP contribution < -0.4 is 15.0 Å². The molecule has 1 heterocycles. The first-order valence-corrected chi connectivity index (χ1v) is 11.1. The molecule has 6 nitrogen and oxygen atoms in total. The molecule has 0 bridgehead atoms. The summed E-state index contributed by atoms with van der Waals surface area (Å²) in [7, 11) is 0. The average Bonchev–Trinajstić information content (AvgIpc) is 2.78. The van der Waals surface area contributed by atoms with Crippen molar-refractivity contribution in [1.29, 1.82) is 0 Å². The van der Waals surface area contributed by atoms with Gasteiger partial charge in [0.2, 0.25) is 0 Å². The smallest absolute Gasteiger partial charge is 0.335 e. The number of hydrogen-bond acceptors (Lipinski definition) is 4. The van der Waals surface area contributed by atoms with Crippen molar-refractivity contribution in [3.8, 4) is 5.75 Å². The van der Waals surface area contributed by atoms with Crippen molar-refractivity contribution < 1.29 is 19.1 Å². The molecule has 1 aliphatic rings. The van der Waals surface area contributed by atoms with E-state index in [1.165, 1.54) is 17.7 Å². The Kier molecular flexibility index (Phi) is 6.72. The Morgan fingerprint density at radius 2 is 1.68 bits per heavy atom. The van der Waals surface area contributed by atoms with Gasteiger partial charge in [-0.2, -0.15) is 0 Å². The number of aryl methyl sites for hydroxylation is 2. The molecule has 0 aromatic heterocycles. The number of halogens is 2. The van der Waals surface area contributed by atoms with Gasteiger partial charge in [-0.05, 0) is 73.0 Å². The second-order valence-electron chi connectivity index (χ2n) is 7.83. The number of nitrogens with zero attached hydrogens (tertiary/aromatic N) is 1. The summed E-state index contributed by atoms with van der Waals surface area (Å²) in [4.78, 5) is 39.0. The summed E-state index contributed by atoms with van der Waals surface area (Å²) in [6.07, 6.45) is 1.36. The molecule has 3 aromatic rings. The summed E-state index contributed by atoms with van der Waals surface area (Å²) >= 11 is 12.2. The molecule has 0 radical (unpaired) electrons. The molecule has 3 aromatic carbocycles. The number of benzene rings is 3. The lowest BCUT2D eigenvalue weighted by atomic mass is 10.1. The maximum Gasteiger partial charge on any atom is 0.335 e. The van der Waals surface area contributed by atoms with Gasteiger partial charge in [-0.25, -0.2) is 9.69 Å². The number of urea groups is 1. The third-order valence-corrected chi connectivity index (χ3v) is 5.88. The van der Waals surface area contributed by atoms with Gasteiger partial charge in [0.05, 0.1) is 5.69 Å². The molecule has 0 saturated carbocycles. The van der Waals surface area contributed by atoms with Crippen molar-refractivity contribution in [3.63, 3.8) is 0 Å². The summed E-state index contributed by atoms with van der Waals surface area (Å²) in [6, 6.07) is 16.3. The number of carbonyl (C=O) groups excluding carboxylic acids is 3. The molecule has 1 fully saturated rings. The predicted octanol–water partition coefficient (Wildman–Crippen LogP) is 5.86. The van der Waals surface area contributed by atoms with E-state index in [0.717, 1.165) is 16.0 Å². The third kappa shape index (κ3) is 4.98. The highest BCUT2D eigenvalue weighted by Gasteiger charge is 2.37. The molecule has 0 atom stereocenters. The maximum atomic E-state index is 13.2. The molecule has 8 heteroatoms. The van der Waals surface area contributed by atoms with Crippen LogP contribution in [0.25, 0.3) is 6.08 Å². The van der Waals surface area contributed by atoms with E-state index in [2.05, 4.69) is 5.32 Å². The number of imide groups is 2. The van der Waals surface area contributed by atoms with Gasteiger partial charge in [-0.3, -0.25) is 14.9 Å². The number of ether oxygens (including phenoxy) is 1. The summed E-state index contributed by atoms with van der Waals surface area (Å²) in [5.74, 6) is -1.16. The second kappa shape index (κ2) is 9.71. The lowest BCUT2D eigenvalue weighted by Gasteiger charge is -2.26. The summed E-state index contributed by atoms with van der Waals surface area (Å²) in [5.41, 5.74) is 3.73. The van der Waals surface area contributed by atoms with Crippen molar-refractivity contribution in [2.75, 3.05) is 4.90 Å². The standard InChI is InChI=1S/C26H20Cl2N2O4/c1-15-6-7-17(10-16(15)2)14-34-23-9-8-20(28)11-18(23)12-22-24(31)29-26(33)30(25(22)32)21-5-3-4-19(27)13-21/h3-13H,14H2,1-2H3,(H,29,31,33)/b22-12+. The van der Waals surface area contributed by atoms with Crippen LogP contribution in [0, 0.1) is 13.8 Å². The van der Waals surface area contributed by atoms with Crippen LogP contribution in [0.5, 0.6) is 5.75 Å². The predicted molar refractivity (Wildman–Crippen MR) is 132 cm³/mol. The first-order chi connectivity index (χ1) is 16.2. The Bertz CT molecular complexity index is 1350. The van der Waals surface area contributed by atoms with E-state index in [0.29, 0.717) is 21.4 Å². The maximum absolute atomic E-state index is 13.2. The van der Waals surface area contributed by atoms with Gasteiger partial charge in [0.15, 0.2) is 0 Å². The van der Waals surface area contributed by atoms with Gasteiger partial charge in [0.1, 0.15) is 17.9 Å². The van der Waals surface area contributed by atoms with Crippen LogP contribution >= 0.6 is 23.2 Å². The van der Waals surface area contributed by atoms with Crippen LogP contribution in [0.2, 0.25) is 10.0 Å². The zero-order chi connectivity index (χ0) is 24.4. The zero-order valence-corrected chi connectivity index (χ0v) is 19.9. The van der Waals surface area contributed by atoms with Gasteiger partial charge < -0.3 is 4.74 Å². The van der Waals surface area contributed by atoms with Gasteiger partial charge in [0, 0.05) is 15.6 Å². The van der Waals surface area contributed by atoms with E-state index >= 15 is 0 Å². The third-order valence-electron chi connectivity index (χ3n) is 5.41. The minimum absolute atomic E-state index is 0.238. The highest BCUT2D eigenvalue weighted by Crippen LogP contribution is 2.29. The fourth-order valence-corrected chi connectivity index (χ4v) is 3.85. The Balaban J connectivity index is 1.67. The topological polar surface area (TPSA) is 75.7 Å². The lowest BCUT2D eigenvalue weighted by Crippen LogP contribution is -2.54. The fraction of sp³-hybridized carbons (Fsp3) is 0.115. The molecule has 172 valence electrons. The lowest BCUT2D eigenvalue weighted by molar-refractivity contribution is -0.122. The van der Waals surface area contributed by atoms with Crippen molar-refractivity contribution >= 4 is 52.8 Å². The fourth-order valence-electron chi connectivity index (χ4n) is 3.48. The summed E-state index contributed by atoms with van der Waals surface area (Å²) in [6.45, 7) is 4.34. The van der Waals surface area contributed by atoms with Crippen molar-refractivity contribution in [1.82, 2.24) is 5.32 Å². The molecule has 1 N–H and O–H groups in total. The largest absolute Gasteiger partial charge is 0.488 e. The molecule has 0 aliphatic carbocycles. The first kappa shape index (κ1) is 23.5. The Morgan fingerprint density at radius 3 is 2.41 bits per heavy atom. The monoisotopic (exact) mass is 494 g/mol. The Morgan fingerprint density at radius 1 is 0.912 bits per heavy atom.